The van der Waals surface area contributed by atoms with Crippen molar-refractivity contribution in [2.24, 2.45) is 0 Å². The molecule has 0 saturated carbocycles. The highest BCUT2D eigenvalue weighted by atomic mass is 19.1. The van der Waals surface area contributed by atoms with Gasteiger partial charge in [0.05, 0.1) is 5.69 Å². The van der Waals surface area contributed by atoms with Gasteiger partial charge in [-0.1, -0.05) is 0 Å². The number of hydrogen-bond donors (Lipinski definition) is 0. The average molecular weight is 418 g/mol. The highest BCUT2D eigenvalue weighted by molar-refractivity contribution is 5.79. The van der Waals surface area contributed by atoms with Gasteiger partial charge in [-0.2, -0.15) is 0 Å². The smallest absolute Gasteiger partial charge is 0.336 e. The Kier molecular flexibility index (Phi) is 4.46. The van der Waals surface area contributed by atoms with E-state index in [1.54, 1.807) is 30.3 Å². The minimum absolute atomic E-state index is 0.305. The number of hydrogen-bond acceptors (Lipinski definition) is 6. The molecule has 0 radical (unpaired) electrons. The zero-order chi connectivity index (χ0) is 21.6. The maximum absolute atomic E-state index is 13.2. The summed E-state index contributed by atoms with van der Waals surface area (Å²) in [7, 11) is 0. The lowest BCUT2D eigenvalue weighted by Gasteiger charge is -2.39. The summed E-state index contributed by atoms with van der Waals surface area (Å²) in [5.41, 5.74) is 1.80. The van der Waals surface area contributed by atoms with Gasteiger partial charge in [-0.05, 0) is 55.8 Å². The third kappa shape index (κ3) is 3.74. The fourth-order valence-corrected chi connectivity index (χ4v) is 3.70. The van der Waals surface area contributed by atoms with Crippen molar-refractivity contribution in [1.29, 1.82) is 0 Å². The SMILES string of the molecule is CC1(C)Oc2cc3oc(=O)ccc3cc2C[C@@H]1Oc1cc(-c2ccc(F)cc2)ncn1. The molecule has 0 N–H and O–H groups in total. The van der Waals surface area contributed by atoms with E-state index in [4.69, 9.17) is 13.9 Å². The Labute approximate surface area is 177 Å². The maximum atomic E-state index is 13.2. The molecule has 3 heterocycles. The number of aromatic nitrogens is 2. The van der Waals surface area contributed by atoms with E-state index in [1.165, 1.54) is 24.5 Å². The summed E-state index contributed by atoms with van der Waals surface area (Å²) < 4.78 is 30.9. The molecule has 0 aliphatic carbocycles. The van der Waals surface area contributed by atoms with Crippen molar-refractivity contribution in [1.82, 2.24) is 9.97 Å². The monoisotopic (exact) mass is 418 g/mol. The molecule has 0 fully saturated rings. The minimum atomic E-state index is -0.656. The van der Waals surface area contributed by atoms with Crippen molar-refractivity contribution in [3.05, 3.63) is 82.7 Å². The van der Waals surface area contributed by atoms with Crippen LogP contribution in [0.4, 0.5) is 4.39 Å². The predicted molar refractivity (Wildman–Crippen MR) is 113 cm³/mol. The predicted octanol–water partition coefficient (Wildman–Crippen LogP) is 4.55. The maximum Gasteiger partial charge on any atom is 0.336 e. The van der Waals surface area contributed by atoms with Gasteiger partial charge in [0, 0.05) is 35.6 Å². The number of halogens is 1. The first-order valence-corrected chi connectivity index (χ1v) is 9.88. The summed E-state index contributed by atoms with van der Waals surface area (Å²) in [6.07, 6.45) is 1.70. The summed E-state index contributed by atoms with van der Waals surface area (Å²) in [6.45, 7) is 3.88. The van der Waals surface area contributed by atoms with Crippen LogP contribution in [0.5, 0.6) is 11.6 Å². The molecule has 1 aliphatic heterocycles. The second kappa shape index (κ2) is 7.19. The molecule has 156 valence electrons. The fraction of sp³-hybridized carbons (Fsp3) is 0.208. The molecule has 2 aromatic carbocycles. The molecule has 0 bridgehead atoms. The summed E-state index contributed by atoms with van der Waals surface area (Å²) in [5, 5.41) is 0.820. The van der Waals surface area contributed by atoms with Gasteiger partial charge in [-0.25, -0.2) is 19.2 Å². The van der Waals surface area contributed by atoms with Crippen LogP contribution in [0.15, 0.2) is 70.1 Å². The molecule has 4 aromatic rings. The lowest BCUT2D eigenvalue weighted by Crippen LogP contribution is -2.49. The normalized spacial score (nSPS) is 17.1. The third-order valence-corrected chi connectivity index (χ3v) is 5.40. The van der Waals surface area contributed by atoms with Crippen molar-refractivity contribution in [3.8, 4) is 22.9 Å². The number of rotatable bonds is 3. The average Bonchev–Trinajstić information content (AvgIpc) is 2.73. The fourth-order valence-electron chi connectivity index (χ4n) is 3.70. The Hall–Kier alpha value is -3.74. The summed E-state index contributed by atoms with van der Waals surface area (Å²) in [4.78, 5) is 20.0. The van der Waals surface area contributed by atoms with E-state index in [-0.39, 0.29) is 11.9 Å². The van der Waals surface area contributed by atoms with Crippen LogP contribution in [0.1, 0.15) is 19.4 Å². The summed E-state index contributed by atoms with van der Waals surface area (Å²) in [5.74, 6) is 0.772. The largest absolute Gasteiger partial charge is 0.484 e. The standard InChI is InChI=1S/C24H19FN2O4/c1-24(2)21(10-16-9-15-5-8-23(28)29-19(15)12-20(16)31-24)30-22-11-18(26-13-27-22)14-3-6-17(25)7-4-14/h3-9,11-13,21H,10H2,1-2H3/t21-/m0/s1. The van der Waals surface area contributed by atoms with Crippen molar-refractivity contribution in [2.45, 2.75) is 32.0 Å². The molecular formula is C24H19FN2O4. The van der Waals surface area contributed by atoms with E-state index in [9.17, 15) is 9.18 Å². The Bertz CT molecular complexity index is 1330. The summed E-state index contributed by atoms with van der Waals surface area (Å²) in [6, 6.07) is 14.7. The highest BCUT2D eigenvalue weighted by Crippen LogP contribution is 2.37. The zero-order valence-corrected chi connectivity index (χ0v) is 17.0. The van der Waals surface area contributed by atoms with Gasteiger partial charge in [0.25, 0.3) is 0 Å². The number of nitrogens with zero attached hydrogens (tertiary/aromatic N) is 2. The Morgan fingerprint density at radius 2 is 1.87 bits per heavy atom. The number of fused-ring (bicyclic) bond motifs is 2. The molecule has 7 heteroatoms. The summed E-state index contributed by atoms with van der Waals surface area (Å²) >= 11 is 0. The van der Waals surface area contributed by atoms with Gasteiger partial charge in [0.15, 0.2) is 0 Å². The molecule has 2 aromatic heterocycles. The second-order valence-corrected chi connectivity index (χ2v) is 8.02. The van der Waals surface area contributed by atoms with Crippen LogP contribution in [0, 0.1) is 5.82 Å². The molecule has 1 aliphatic rings. The Balaban J connectivity index is 1.45. The molecule has 0 unspecified atom stereocenters. The van der Waals surface area contributed by atoms with Gasteiger partial charge in [-0.15, -0.1) is 0 Å². The Morgan fingerprint density at radius 1 is 1.06 bits per heavy atom. The molecule has 31 heavy (non-hydrogen) atoms. The molecule has 6 nitrogen and oxygen atoms in total. The van der Waals surface area contributed by atoms with Crippen molar-refractivity contribution < 1.29 is 18.3 Å². The van der Waals surface area contributed by atoms with Gasteiger partial charge < -0.3 is 13.9 Å². The van der Waals surface area contributed by atoms with Crippen LogP contribution in [-0.4, -0.2) is 21.7 Å². The van der Waals surface area contributed by atoms with Crippen molar-refractivity contribution in [3.63, 3.8) is 0 Å². The van der Waals surface area contributed by atoms with Crippen molar-refractivity contribution in [2.75, 3.05) is 0 Å². The van der Waals surface area contributed by atoms with Crippen LogP contribution >= 0.6 is 0 Å². The topological polar surface area (TPSA) is 74.5 Å². The minimum Gasteiger partial charge on any atom is -0.484 e. The number of ether oxygens (including phenoxy) is 2. The lowest BCUT2D eigenvalue weighted by molar-refractivity contribution is -0.0287. The lowest BCUT2D eigenvalue weighted by atomic mass is 9.90. The van der Waals surface area contributed by atoms with Crippen molar-refractivity contribution >= 4 is 11.0 Å². The highest BCUT2D eigenvalue weighted by Gasteiger charge is 2.39. The van der Waals surface area contributed by atoms with E-state index in [0.717, 1.165) is 16.5 Å². The first-order chi connectivity index (χ1) is 14.9. The molecular weight excluding hydrogens is 399 g/mol. The van der Waals surface area contributed by atoms with Crippen LogP contribution in [0.3, 0.4) is 0 Å². The van der Waals surface area contributed by atoms with Crippen LogP contribution in [0.25, 0.3) is 22.2 Å². The van der Waals surface area contributed by atoms with E-state index in [0.29, 0.717) is 29.3 Å². The van der Waals surface area contributed by atoms with E-state index in [2.05, 4.69) is 9.97 Å². The van der Waals surface area contributed by atoms with Gasteiger partial charge in [0.1, 0.15) is 35.2 Å². The second-order valence-electron chi connectivity index (χ2n) is 8.02. The first-order valence-electron chi connectivity index (χ1n) is 9.88. The van der Waals surface area contributed by atoms with E-state index < -0.39 is 11.2 Å². The Morgan fingerprint density at radius 3 is 2.68 bits per heavy atom. The van der Waals surface area contributed by atoms with Crippen LogP contribution < -0.4 is 15.1 Å². The van der Waals surface area contributed by atoms with E-state index >= 15 is 0 Å². The van der Waals surface area contributed by atoms with Crippen LogP contribution in [-0.2, 0) is 6.42 Å². The van der Waals surface area contributed by atoms with Crippen LogP contribution in [0.2, 0.25) is 0 Å². The third-order valence-electron chi connectivity index (χ3n) is 5.40. The van der Waals surface area contributed by atoms with Gasteiger partial charge >= 0.3 is 5.63 Å². The van der Waals surface area contributed by atoms with Gasteiger partial charge in [-0.3, -0.25) is 0 Å². The molecule has 0 spiro atoms. The quantitative estimate of drug-likeness (QED) is 0.455. The molecule has 0 amide bonds. The molecule has 1 atom stereocenters. The van der Waals surface area contributed by atoms with Gasteiger partial charge in [0.2, 0.25) is 5.88 Å². The molecule has 0 saturated heterocycles. The first kappa shape index (κ1) is 19.2. The molecule has 5 rings (SSSR count). The number of benzene rings is 2. The zero-order valence-electron chi connectivity index (χ0n) is 17.0. The van der Waals surface area contributed by atoms with E-state index in [1.807, 2.05) is 19.9 Å².